The van der Waals surface area contributed by atoms with Crippen LogP contribution in [0.2, 0.25) is 5.15 Å². The van der Waals surface area contributed by atoms with Crippen LogP contribution in [-0.4, -0.2) is 70.5 Å². The summed E-state index contributed by atoms with van der Waals surface area (Å²) >= 11 is 6.30. The average molecular weight is 575 g/mol. The summed E-state index contributed by atoms with van der Waals surface area (Å²) in [6.45, 7) is -0.705. The normalized spacial score (nSPS) is 27.4. The third-order valence-corrected chi connectivity index (χ3v) is 10.0. The van der Waals surface area contributed by atoms with Crippen LogP contribution < -0.4 is 5.32 Å². The Balaban J connectivity index is 1.37. The van der Waals surface area contributed by atoms with Crippen LogP contribution in [0, 0.1) is 0 Å². The molecule has 0 amide bonds. The zero-order valence-electron chi connectivity index (χ0n) is 19.2. The van der Waals surface area contributed by atoms with Crippen LogP contribution in [-0.2, 0) is 24.8 Å². The van der Waals surface area contributed by atoms with E-state index >= 15 is 0 Å². The number of benzene rings is 1. The van der Waals surface area contributed by atoms with Gasteiger partial charge in [-0.15, -0.1) is 0 Å². The van der Waals surface area contributed by atoms with Gasteiger partial charge in [0.15, 0.2) is 17.8 Å². The molecule has 37 heavy (non-hydrogen) atoms. The van der Waals surface area contributed by atoms with Crippen LogP contribution in [0.5, 0.6) is 0 Å². The molecule has 0 bridgehead atoms. The Kier molecular flexibility index (Phi) is 7.23. The molecule has 200 valence electrons. The highest BCUT2D eigenvalue weighted by molar-refractivity contribution is 7.70. The third kappa shape index (κ3) is 5.62. The zero-order chi connectivity index (χ0) is 26.5. The van der Waals surface area contributed by atoms with Gasteiger partial charge in [-0.3, -0.25) is 9.13 Å². The summed E-state index contributed by atoms with van der Waals surface area (Å²) in [5.41, 5.74) is 3.41. The van der Waals surface area contributed by atoms with Crippen molar-refractivity contribution in [2.45, 2.75) is 43.4 Å². The van der Waals surface area contributed by atoms with E-state index in [0.29, 0.717) is 11.1 Å². The Morgan fingerprint density at radius 1 is 1.19 bits per heavy atom. The number of hydrogen-bond donors (Lipinski definition) is 6. The first-order valence-corrected chi connectivity index (χ1v) is 15.3. The van der Waals surface area contributed by atoms with Crippen molar-refractivity contribution < 1.29 is 43.3 Å². The number of rotatable bonds is 8. The van der Waals surface area contributed by atoms with Crippen LogP contribution in [0.15, 0.2) is 36.5 Å². The van der Waals surface area contributed by atoms with Gasteiger partial charge >= 0.3 is 15.2 Å². The monoisotopic (exact) mass is 574 g/mol. The molecule has 13 nitrogen and oxygen atoms in total. The quantitative estimate of drug-likeness (QED) is 0.170. The van der Waals surface area contributed by atoms with Gasteiger partial charge < -0.3 is 39.5 Å². The van der Waals surface area contributed by atoms with Gasteiger partial charge in [0.25, 0.3) is 0 Å². The minimum atomic E-state index is -4.83. The van der Waals surface area contributed by atoms with E-state index in [1.807, 2.05) is 12.1 Å². The standard InChI is InChI=1S/C21H25ClN4O9P2/c22-17-7-15(24-14-6-5-11-3-1-2-4-12(11)14)13-8-23-26(20(13)25-17)21-19(28)18(27)16(35-21)9-34-37(32,33)10-36(29,30)31/h1-4,7-8,14,16,18-19,21,27-28H,5-6,9-10H2,(H,24,25)(H,32,33)(H2,29,30,31)/t14-,16-,18?,19?,21-/m1/s1. The fraction of sp³-hybridized carbons (Fsp3) is 0.429. The fourth-order valence-corrected chi connectivity index (χ4v) is 7.48. The number of anilines is 1. The fourth-order valence-electron chi connectivity index (χ4n) is 4.72. The number of halogens is 1. The van der Waals surface area contributed by atoms with Crippen LogP contribution in [0.3, 0.4) is 0 Å². The van der Waals surface area contributed by atoms with Crippen molar-refractivity contribution in [3.8, 4) is 0 Å². The summed E-state index contributed by atoms with van der Waals surface area (Å²) in [6.07, 6.45) is -2.25. The highest BCUT2D eigenvalue weighted by Crippen LogP contribution is 2.55. The summed E-state index contributed by atoms with van der Waals surface area (Å²) in [5.74, 6) is -1.39. The number of nitrogens with zero attached hydrogens (tertiary/aromatic N) is 3. The largest absolute Gasteiger partial charge is 0.387 e. The highest BCUT2D eigenvalue weighted by atomic mass is 35.5. The minimum absolute atomic E-state index is 0.0557. The van der Waals surface area contributed by atoms with Crippen molar-refractivity contribution in [2.24, 2.45) is 0 Å². The number of aromatic nitrogens is 3. The van der Waals surface area contributed by atoms with Crippen LogP contribution in [0.4, 0.5) is 5.69 Å². The molecule has 0 spiro atoms. The van der Waals surface area contributed by atoms with Gasteiger partial charge in [-0.1, -0.05) is 35.9 Å². The molecule has 0 saturated carbocycles. The van der Waals surface area contributed by atoms with Crippen LogP contribution in [0.25, 0.3) is 11.0 Å². The summed E-state index contributed by atoms with van der Waals surface area (Å²) < 4.78 is 34.7. The molecule has 6 N–H and O–H groups in total. The molecule has 3 unspecified atom stereocenters. The molecule has 1 fully saturated rings. The highest BCUT2D eigenvalue weighted by Gasteiger charge is 2.46. The summed E-state index contributed by atoms with van der Waals surface area (Å²) in [7, 11) is -9.50. The lowest BCUT2D eigenvalue weighted by Crippen LogP contribution is -2.33. The maximum atomic E-state index is 11.9. The van der Waals surface area contributed by atoms with Gasteiger partial charge in [-0.2, -0.15) is 5.10 Å². The molecule has 1 aliphatic heterocycles. The van der Waals surface area contributed by atoms with Gasteiger partial charge in [0, 0.05) is 0 Å². The first kappa shape index (κ1) is 26.7. The smallest absolute Gasteiger partial charge is 0.340 e. The number of aliphatic hydroxyl groups excluding tert-OH is 2. The van der Waals surface area contributed by atoms with Gasteiger partial charge in [-0.05, 0) is 30.0 Å². The predicted molar refractivity (Wildman–Crippen MR) is 132 cm³/mol. The average Bonchev–Trinajstić information content (AvgIpc) is 3.48. The summed E-state index contributed by atoms with van der Waals surface area (Å²) in [5, 5.41) is 29.6. The molecule has 6 atom stereocenters. The number of aryl methyl sites for hydroxylation is 1. The number of aliphatic hydroxyl groups is 2. The molecular formula is C21H25ClN4O9P2. The molecule has 1 aromatic carbocycles. The molecule has 5 rings (SSSR count). The number of fused-ring (bicyclic) bond motifs is 2. The van der Waals surface area contributed by atoms with Crippen molar-refractivity contribution in [1.82, 2.24) is 14.8 Å². The molecular weight excluding hydrogens is 550 g/mol. The first-order chi connectivity index (χ1) is 17.4. The van der Waals surface area contributed by atoms with Gasteiger partial charge in [0.2, 0.25) is 0 Å². The van der Waals surface area contributed by atoms with E-state index in [1.54, 1.807) is 6.07 Å². The number of ether oxygens (including phenoxy) is 1. The van der Waals surface area contributed by atoms with Crippen molar-refractivity contribution >= 4 is 43.5 Å². The van der Waals surface area contributed by atoms with Gasteiger partial charge in [0.05, 0.1) is 29.9 Å². The van der Waals surface area contributed by atoms with Gasteiger partial charge in [-0.25, -0.2) is 9.67 Å². The lowest BCUT2D eigenvalue weighted by atomic mass is 10.1. The SMILES string of the molecule is O=P(O)(O)CP(=O)(O)OC[C@H]1O[C@@H](n2ncc3c(N[C@@H]4CCc5ccccc54)cc(Cl)nc32)C(O)C1O. The predicted octanol–water partition coefficient (Wildman–Crippen LogP) is 2.14. The maximum absolute atomic E-state index is 11.9. The summed E-state index contributed by atoms with van der Waals surface area (Å²) in [4.78, 5) is 31.9. The summed E-state index contributed by atoms with van der Waals surface area (Å²) in [6, 6.07) is 9.88. The third-order valence-electron chi connectivity index (χ3n) is 6.38. The molecule has 3 aromatic rings. The second kappa shape index (κ2) is 10.0. The molecule has 16 heteroatoms. The minimum Gasteiger partial charge on any atom is -0.387 e. The Labute approximate surface area is 215 Å². The second-order valence-corrected chi connectivity index (χ2v) is 13.4. The van der Waals surface area contributed by atoms with Crippen molar-refractivity contribution in [1.29, 1.82) is 0 Å². The molecule has 1 aliphatic carbocycles. The van der Waals surface area contributed by atoms with E-state index < -0.39 is 52.2 Å². The van der Waals surface area contributed by atoms with E-state index in [2.05, 4.69) is 27.5 Å². The number of pyridine rings is 1. The topological polar surface area (TPSA) is 196 Å². The van der Waals surface area contributed by atoms with Gasteiger partial charge in [0.1, 0.15) is 23.5 Å². The number of nitrogens with one attached hydrogen (secondary N) is 1. The molecule has 1 saturated heterocycles. The van der Waals surface area contributed by atoms with Crippen molar-refractivity contribution in [2.75, 3.05) is 17.8 Å². The van der Waals surface area contributed by atoms with Crippen molar-refractivity contribution in [3.05, 3.63) is 52.8 Å². The molecule has 3 heterocycles. The van der Waals surface area contributed by atoms with E-state index in [4.69, 9.17) is 30.6 Å². The van der Waals surface area contributed by atoms with Crippen LogP contribution in [0.1, 0.15) is 29.8 Å². The first-order valence-electron chi connectivity index (χ1n) is 11.3. The Bertz CT molecular complexity index is 1420. The molecule has 0 radical (unpaired) electrons. The Morgan fingerprint density at radius 2 is 1.95 bits per heavy atom. The lowest BCUT2D eigenvalue weighted by Gasteiger charge is -2.18. The zero-order valence-corrected chi connectivity index (χ0v) is 21.7. The Morgan fingerprint density at radius 3 is 2.70 bits per heavy atom. The lowest BCUT2D eigenvalue weighted by molar-refractivity contribution is -0.0541. The molecule has 2 aromatic heterocycles. The number of hydrogen-bond acceptors (Lipinski definition) is 9. The van der Waals surface area contributed by atoms with E-state index in [-0.39, 0.29) is 16.8 Å². The maximum Gasteiger partial charge on any atom is 0.340 e. The van der Waals surface area contributed by atoms with Crippen LogP contribution >= 0.6 is 26.8 Å². The second-order valence-electron chi connectivity index (χ2n) is 9.04. The van der Waals surface area contributed by atoms with E-state index in [9.17, 15) is 24.2 Å². The van der Waals surface area contributed by atoms with Crippen molar-refractivity contribution in [3.63, 3.8) is 0 Å². The van der Waals surface area contributed by atoms with E-state index in [1.165, 1.54) is 22.0 Å². The van der Waals surface area contributed by atoms with E-state index in [0.717, 1.165) is 12.8 Å². The Hall–Kier alpha value is -1.89. The molecule has 2 aliphatic rings.